The Morgan fingerprint density at radius 3 is 2.80 bits per heavy atom. The number of carbonyl (C=O) groups is 2. The van der Waals surface area contributed by atoms with Crippen molar-refractivity contribution in [3.63, 3.8) is 0 Å². The summed E-state index contributed by atoms with van der Waals surface area (Å²) in [4.78, 5) is 25.8. The second kappa shape index (κ2) is 10.7. The van der Waals surface area contributed by atoms with Crippen LogP contribution in [0.2, 0.25) is 5.02 Å². The Morgan fingerprint density at radius 2 is 2.09 bits per heavy atom. The van der Waals surface area contributed by atoms with Crippen LogP contribution in [-0.2, 0) is 17.6 Å². The molecule has 5 rings (SSSR count). The number of fused-ring (bicyclic) bond motifs is 9. The highest BCUT2D eigenvalue weighted by Crippen LogP contribution is 2.34. The van der Waals surface area contributed by atoms with Gasteiger partial charge in [-0.25, -0.2) is 4.79 Å². The molecule has 0 radical (unpaired) electrons. The van der Waals surface area contributed by atoms with Gasteiger partial charge in [-0.1, -0.05) is 29.8 Å². The minimum Gasteiger partial charge on any atom is -0.497 e. The number of benzene rings is 2. The Balaban J connectivity index is 1.62. The van der Waals surface area contributed by atoms with Crippen molar-refractivity contribution in [2.24, 2.45) is 0 Å². The summed E-state index contributed by atoms with van der Waals surface area (Å²) in [5.74, 6) is 0.793. The van der Waals surface area contributed by atoms with Gasteiger partial charge in [-0.05, 0) is 67.1 Å². The molecule has 1 atom stereocenters. The quantitative estimate of drug-likeness (QED) is 0.614. The van der Waals surface area contributed by atoms with Crippen LogP contribution >= 0.6 is 11.6 Å². The van der Waals surface area contributed by atoms with Crippen LogP contribution in [0.3, 0.4) is 0 Å². The number of aryl methyl sites for hydroxylation is 1. The fourth-order valence-corrected chi connectivity index (χ4v) is 4.04. The molecule has 2 aromatic rings. The number of carbonyl (C=O) groups excluding carboxylic acids is 2. The molecular weight excluding hydrogens is 470 g/mol. The first-order valence-electron chi connectivity index (χ1n) is 11.4. The van der Waals surface area contributed by atoms with Gasteiger partial charge >= 0.3 is 6.09 Å². The van der Waals surface area contributed by atoms with Crippen molar-refractivity contribution in [2.75, 3.05) is 13.7 Å². The number of ether oxygens (including phenoxy) is 3. The molecule has 2 aliphatic heterocycles. The van der Waals surface area contributed by atoms with Gasteiger partial charge in [0, 0.05) is 12.0 Å². The number of methoxy groups -OCH3 is 1. The number of amides is 2. The zero-order valence-corrected chi connectivity index (χ0v) is 20.1. The molecule has 2 N–H and O–H groups in total. The first-order valence-corrected chi connectivity index (χ1v) is 11.7. The molecule has 1 aliphatic carbocycles. The van der Waals surface area contributed by atoms with E-state index < -0.39 is 17.9 Å². The summed E-state index contributed by atoms with van der Waals surface area (Å²) in [6.45, 7) is 0.358. The average molecular weight is 496 g/mol. The fourth-order valence-electron chi connectivity index (χ4n) is 3.78. The molecule has 0 saturated heterocycles. The molecule has 2 bridgehead atoms. The van der Waals surface area contributed by atoms with Gasteiger partial charge in [-0.2, -0.15) is 5.26 Å². The van der Waals surface area contributed by atoms with Crippen LogP contribution in [0.4, 0.5) is 4.79 Å². The second-order valence-corrected chi connectivity index (χ2v) is 8.91. The van der Waals surface area contributed by atoms with Crippen molar-refractivity contribution in [3.05, 3.63) is 70.3 Å². The van der Waals surface area contributed by atoms with Crippen LogP contribution in [0, 0.1) is 11.3 Å². The highest BCUT2D eigenvalue weighted by atomic mass is 35.5. The summed E-state index contributed by atoms with van der Waals surface area (Å²) in [6.07, 6.45) is 4.71. The summed E-state index contributed by atoms with van der Waals surface area (Å²) < 4.78 is 16.6. The number of nitrogens with zero attached hydrogens (tertiary/aromatic N) is 1. The van der Waals surface area contributed by atoms with Gasteiger partial charge in [-0.15, -0.1) is 0 Å². The molecule has 1 fully saturated rings. The third-order valence-electron chi connectivity index (χ3n) is 5.90. The summed E-state index contributed by atoms with van der Waals surface area (Å²) in [6, 6.07) is 12.6. The normalized spacial score (nSPS) is 19.8. The number of alkyl carbamates (subject to hydrolysis) is 1. The standard InChI is InChI=1S/C26H26ClN3O5/c1-33-19-7-8-20-18(15-19)5-3-2-4-12-34-22-9-6-17(13-21(22)27)14-23(29-24(20)31)35-25(32)30-26(16-28)10-11-26/h2,4,6-9,13,15,23H,3,5,10-12,14H2,1H3,(H,29,31)(H,30,32)/b4-2+/t23-/m0/s1. The number of rotatable bonds is 3. The van der Waals surface area contributed by atoms with Crippen LogP contribution in [0.25, 0.3) is 0 Å². The number of hydrogen-bond acceptors (Lipinski definition) is 6. The van der Waals surface area contributed by atoms with Crippen molar-refractivity contribution in [3.8, 4) is 17.6 Å². The molecule has 35 heavy (non-hydrogen) atoms. The van der Waals surface area contributed by atoms with Crippen LogP contribution in [0.1, 0.15) is 40.7 Å². The van der Waals surface area contributed by atoms with E-state index in [-0.39, 0.29) is 12.3 Å². The maximum absolute atomic E-state index is 13.3. The first-order chi connectivity index (χ1) is 16.9. The van der Waals surface area contributed by atoms with E-state index >= 15 is 0 Å². The van der Waals surface area contributed by atoms with E-state index in [2.05, 4.69) is 16.7 Å². The molecule has 3 aliphatic rings. The van der Waals surface area contributed by atoms with Crippen molar-refractivity contribution >= 4 is 23.6 Å². The molecule has 182 valence electrons. The third-order valence-corrected chi connectivity index (χ3v) is 6.20. The predicted octanol–water partition coefficient (Wildman–Crippen LogP) is 4.31. The van der Waals surface area contributed by atoms with Gasteiger partial charge in [0.1, 0.15) is 23.6 Å². The Hall–Kier alpha value is -3.70. The lowest BCUT2D eigenvalue weighted by Crippen LogP contribution is -2.45. The first kappa shape index (κ1) is 24.4. The maximum atomic E-state index is 13.3. The van der Waals surface area contributed by atoms with Crippen molar-refractivity contribution in [2.45, 2.75) is 43.9 Å². The average Bonchev–Trinajstić information content (AvgIpc) is 3.61. The van der Waals surface area contributed by atoms with E-state index in [1.165, 1.54) is 0 Å². The molecule has 2 amide bonds. The van der Waals surface area contributed by atoms with Crippen molar-refractivity contribution < 1.29 is 23.8 Å². The smallest absolute Gasteiger partial charge is 0.410 e. The molecule has 0 aromatic heterocycles. The van der Waals surface area contributed by atoms with E-state index in [1.807, 2.05) is 18.2 Å². The number of allylic oxidation sites excluding steroid dienone is 1. The molecular formula is C26H26ClN3O5. The Morgan fingerprint density at radius 1 is 1.26 bits per heavy atom. The summed E-state index contributed by atoms with van der Waals surface area (Å²) in [7, 11) is 1.57. The Bertz CT molecular complexity index is 1190. The number of nitriles is 1. The van der Waals surface area contributed by atoms with Crippen LogP contribution in [0.15, 0.2) is 48.6 Å². The lowest BCUT2D eigenvalue weighted by molar-refractivity contribution is 0.0623. The van der Waals surface area contributed by atoms with Gasteiger partial charge in [0.05, 0.1) is 18.2 Å². The van der Waals surface area contributed by atoms with E-state index in [9.17, 15) is 14.9 Å². The highest BCUT2D eigenvalue weighted by molar-refractivity contribution is 6.32. The van der Waals surface area contributed by atoms with Crippen LogP contribution < -0.4 is 20.1 Å². The zero-order chi connectivity index (χ0) is 24.8. The Labute approximate surface area is 208 Å². The minimum atomic E-state index is -0.998. The van der Waals surface area contributed by atoms with E-state index in [4.69, 9.17) is 25.8 Å². The number of hydrogen-bond donors (Lipinski definition) is 2. The van der Waals surface area contributed by atoms with Crippen LogP contribution in [0.5, 0.6) is 11.5 Å². The molecule has 8 nitrogen and oxygen atoms in total. The van der Waals surface area contributed by atoms with E-state index in [1.54, 1.807) is 37.4 Å². The minimum absolute atomic E-state index is 0.171. The van der Waals surface area contributed by atoms with Gasteiger partial charge < -0.3 is 24.8 Å². The molecule has 2 heterocycles. The van der Waals surface area contributed by atoms with Crippen molar-refractivity contribution in [1.29, 1.82) is 5.26 Å². The monoisotopic (exact) mass is 495 g/mol. The fraction of sp³-hybridized carbons (Fsp3) is 0.346. The van der Waals surface area contributed by atoms with Gasteiger partial charge in [0.25, 0.3) is 5.91 Å². The number of halogens is 1. The molecule has 1 saturated carbocycles. The van der Waals surface area contributed by atoms with Gasteiger partial charge in [0.15, 0.2) is 6.23 Å². The molecule has 0 spiro atoms. The molecule has 0 unspecified atom stereocenters. The summed E-state index contributed by atoms with van der Waals surface area (Å²) >= 11 is 6.38. The van der Waals surface area contributed by atoms with E-state index in [0.29, 0.717) is 54.4 Å². The Kier molecular flexibility index (Phi) is 7.47. The third kappa shape index (κ3) is 6.25. The lowest BCUT2D eigenvalue weighted by atomic mass is 10.0. The van der Waals surface area contributed by atoms with Gasteiger partial charge in [0.2, 0.25) is 0 Å². The summed E-state index contributed by atoms with van der Waals surface area (Å²) in [5, 5.41) is 15.1. The number of nitrogens with one attached hydrogen (secondary N) is 2. The topological polar surface area (TPSA) is 110 Å². The van der Waals surface area contributed by atoms with Gasteiger partial charge in [-0.3, -0.25) is 4.79 Å². The van der Waals surface area contributed by atoms with E-state index in [0.717, 1.165) is 11.1 Å². The zero-order valence-electron chi connectivity index (χ0n) is 19.3. The largest absolute Gasteiger partial charge is 0.497 e. The molecule has 9 heteroatoms. The SMILES string of the molecule is COc1ccc2c(c1)CC/C=C/COc1ccc(cc1Cl)C[C@H](OC(=O)NC1(C#N)CC1)NC2=O. The second-order valence-electron chi connectivity index (χ2n) is 8.50. The van der Waals surface area contributed by atoms with Crippen molar-refractivity contribution in [1.82, 2.24) is 10.6 Å². The highest BCUT2D eigenvalue weighted by Gasteiger charge is 2.45. The lowest BCUT2D eigenvalue weighted by Gasteiger charge is -2.22. The van der Waals surface area contributed by atoms with Crippen LogP contribution in [-0.4, -0.2) is 37.5 Å². The summed E-state index contributed by atoms with van der Waals surface area (Å²) in [5.41, 5.74) is 1.11. The molecule has 2 aromatic carbocycles. The maximum Gasteiger partial charge on any atom is 0.410 e. The predicted molar refractivity (Wildman–Crippen MR) is 130 cm³/mol.